The van der Waals surface area contributed by atoms with Gasteiger partial charge in [-0.15, -0.1) is 0 Å². The minimum absolute atomic E-state index is 0.0571. The summed E-state index contributed by atoms with van der Waals surface area (Å²) in [5, 5.41) is 0. The van der Waals surface area contributed by atoms with Crippen LogP contribution in [-0.2, 0) is 23.2 Å². The van der Waals surface area contributed by atoms with E-state index in [0.29, 0.717) is 0 Å². The Kier molecular flexibility index (Phi) is 3.44. The van der Waals surface area contributed by atoms with Crippen LogP contribution in [0, 0.1) is 0 Å². The molecule has 2 aliphatic carbocycles. The highest BCUT2D eigenvalue weighted by Gasteiger charge is 2.37. The molecule has 1 fully saturated rings. The summed E-state index contributed by atoms with van der Waals surface area (Å²) in [6.45, 7) is 0. The Morgan fingerprint density at radius 2 is 1.84 bits per heavy atom. The molecule has 4 nitrogen and oxygen atoms in total. The standard InChI is InChI=1S/C15H22N2O2/c1-19-15(9-5-2-6-10-15)14-16-12-8-4-3-7-11(12)13(18)17-14/h2-10H2,1H3,(H,16,17,18). The van der Waals surface area contributed by atoms with Crippen LogP contribution in [0.25, 0.3) is 0 Å². The molecule has 0 atom stereocenters. The van der Waals surface area contributed by atoms with Crippen LogP contribution in [0.1, 0.15) is 62.0 Å². The van der Waals surface area contributed by atoms with E-state index < -0.39 is 0 Å². The molecule has 0 unspecified atom stereocenters. The summed E-state index contributed by atoms with van der Waals surface area (Å²) >= 11 is 0. The summed E-state index contributed by atoms with van der Waals surface area (Å²) in [5.74, 6) is 0.764. The van der Waals surface area contributed by atoms with E-state index in [9.17, 15) is 4.79 Å². The maximum absolute atomic E-state index is 12.2. The Bertz CT molecular complexity index is 515. The monoisotopic (exact) mass is 262 g/mol. The van der Waals surface area contributed by atoms with Crippen molar-refractivity contribution in [2.75, 3.05) is 7.11 Å². The molecule has 104 valence electrons. The van der Waals surface area contributed by atoms with Gasteiger partial charge in [0.25, 0.3) is 5.56 Å². The van der Waals surface area contributed by atoms with Gasteiger partial charge in [0.05, 0.1) is 5.69 Å². The lowest BCUT2D eigenvalue weighted by molar-refractivity contribution is -0.0518. The van der Waals surface area contributed by atoms with Crippen LogP contribution >= 0.6 is 0 Å². The largest absolute Gasteiger partial charge is 0.370 e. The number of hydrogen-bond acceptors (Lipinski definition) is 3. The van der Waals surface area contributed by atoms with Gasteiger partial charge in [-0.05, 0) is 38.5 Å². The maximum Gasteiger partial charge on any atom is 0.254 e. The van der Waals surface area contributed by atoms with E-state index in [-0.39, 0.29) is 11.2 Å². The molecule has 2 aliphatic rings. The lowest BCUT2D eigenvalue weighted by Crippen LogP contribution is -2.37. The van der Waals surface area contributed by atoms with Gasteiger partial charge < -0.3 is 9.72 Å². The number of aromatic amines is 1. The van der Waals surface area contributed by atoms with Crippen molar-refractivity contribution < 1.29 is 4.74 Å². The third-order valence-electron chi connectivity index (χ3n) is 4.68. The van der Waals surface area contributed by atoms with Crippen molar-refractivity contribution >= 4 is 0 Å². The minimum Gasteiger partial charge on any atom is -0.370 e. The number of rotatable bonds is 2. The Morgan fingerprint density at radius 1 is 1.11 bits per heavy atom. The van der Waals surface area contributed by atoms with Gasteiger partial charge in [-0.1, -0.05) is 19.3 Å². The smallest absolute Gasteiger partial charge is 0.254 e. The van der Waals surface area contributed by atoms with Crippen molar-refractivity contribution in [2.45, 2.75) is 63.4 Å². The molecule has 0 radical (unpaired) electrons. The molecule has 0 aromatic carbocycles. The van der Waals surface area contributed by atoms with E-state index in [0.717, 1.165) is 68.4 Å². The second kappa shape index (κ2) is 5.08. The van der Waals surface area contributed by atoms with Gasteiger partial charge >= 0.3 is 0 Å². The molecule has 0 amide bonds. The first-order chi connectivity index (χ1) is 9.25. The number of fused-ring (bicyclic) bond motifs is 1. The van der Waals surface area contributed by atoms with Gasteiger partial charge in [0.1, 0.15) is 11.4 Å². The lowest BCUT2D eigenvalue weighted by atomic mass is 9.83. The number of nitrogens with one attached hydrogen (secondary N) is 1. The van der Waals surface area contributed by atoms with Crippen molar-refractivity contribution in [1.29, 1.82) is 0 Å². The number of ether oxygens (including phenoxy) is 1. The van der Waals surface area contributed by atoms with Gasteiger partial charge in [0, 0.05) is 12.7 Å². The van der Waals surface area contributed by atoms with Gasteiger partial charge in [-0.25, -0.2) is 4.98 Å². The lowest BCUT2D eigenvalue weighted by Gasteiger charge is -2.35. The molecule has 0 aliphatic heterocycles. The topological polar surface area (TPSA) is 55.0 Å². The zero-order chi connectivity index (χ0) is 13.3. The van der Waals surface area contributed by atoms with E-state index in [2.05, 4.69) is 4.98 Å². The Hall–Kier alpha value is -1.16. The van der Waals surface area contributed by atoms with Crippen molar-refractivity contribution in [1.82, 2.24) is 9.97 Å². The molecule has 1 aromatic rings. The first kappa shape index (κ1) is 12.9. The quantitative estimate of drug-likeness (QED) is 0.890. The second-order valence-electron chi connectivity index (χ2n) is 5.81. The molecule has 19 heavy (non-hydrogen) atoms. The van der Waals surface area contributed by atoms with E-state index in [1.165, 1.54) is 6.42 Å². The predicted molar refractivity (Wildman–Crippen MR) is 73.3 cm³/mol. The molecule has 0 saturated heterocycles. The molecule has 0 spiro atoms. The SMILES string of the molecule is COC1(c2nc3c(c(=O)[nH]2)CCCC3)CCCCC1. The van der Waals surface area contributed by atoms with E-state index in [1.54, 1.807) is 7.11 Å². The van der Waals surface area contributed by atoms with Gasteiger partial charge in [-0.3, -0.25) is 4.79 Å². The molecule has 4 heteroatoms. The molecule has 1 saturated carbocycles. The first-order valence-electron chi connectivity index (χ1n) is 7.43. The van der Waals surface area contributed by atoms with Crippen LogP contribution in [-0.4, -0.2) is 17.1 Å². The fraction of sp³-hybridized carbons (Fsp3) is 0.733. The van der Waals surface area contributed by atoms with Crippen LogP contribution in [0.4, 0.5) is 0 Å². The fourth-order valence-electron chi connectivity index (χ4n) is 3.48. The molecular weight excluding hydrogens is 240 g/mol. The average Bonchev–Trinajstić information content (AvgIpc) is 2.48. The number of aromatic nitrogens is 2. The van der Waals surface area contributed by atoms with Crippen LogP contribution in [0.5, 0.6) is 0 Å². The van der Waals surface area contributed by atoms with Crippen molar-refractivity contribution in [3.8, 4) is 0 Å². The zero-order valence-corrected chi connectivity index (χ0v) is 11.6. The summed E-state index contributed by atoms with van der Waals surface area (Å²) in [7, 11) is 1.74. The van der Waals surface area contributed by atoms with E-state index in [1.807, 2.05) is 0 Å². The van der Waals surface area contributed by atoms with Crippen molar-refractivity contribution in [3.63, 3.8) is 0 Å². The highest BCUT2D eigenvalue weighted by atomic mass is 16.5. The highest BCUT2D eigenvalue weighted by Crippen LogP contribution is 2.38. The molecule has 1 N–H and O–H groups in total. The highest BCUT2D eigenvalue weighted by molar-refractivity contribution is 5.22. The molecule has 1 heterocycles. The van der Waals surface area contributed by atoms with Crippen molar-refractivity contribution in [2.24, 2.45) is 0 Å². The fourth-order valence-corrected chi connectivity index (χ4v) is 3.48. The molecular formula is C15H22N2O2. The summed E-state index contributed by atoms with van der Waals surface area (Å²) in [4.78, 5) is 20.0. The summed E-state index contributed by atoms with van der Waals surface area (Å²) in [5.41, 5.74) is 1.61. The van der Waals surface area contributed by atoms with Gasteiger partial charge in [0.15, 0.2) is 0 Å². The van der Waals surface area contributed by atoms with Crippen LogP contribution in [0.2, 0.25) is 0 Å². The molecule has 1 aromatic heterocycles. The Labute approximate surface area is 113 Å². The minimum atomic E-state index is -0.357. The third-order valence-corrected chi connectivity index (χ3v) is 4.68. The predicted octanol–water partition coefficient (Wildman–Crippen LogP) is 2.45. The van der Waals surface area contributed by atoms with Crippen LogP contribution < -0.4 is 5.56 Å². The normalized spacial score (nSPS) is 21.9. The van der Waals surface area contributed by atoms with Crippen LogP contribution in [0.15, 0.2) is 4.79 Å². The van der Waals surface area contributed by atoms with Gasteiger partial charge in [-0.2, -0.15) is 0 Å². The second-order valence-corrected chi connectivity index (χ2v) is 5.81. The summed E-state index contributed by atoms with van der Waals surface area (Å²) < 4.78 is 5.78. The number of nitrogens with zero attached hydrogens (tertiary/aromatic N) is 1. The number of methoxy groups -OCH3 is 1. The molecule has 3 rings (SSSR count). The Morgan fingerprint density at radius 3 is 2.58 bits per heavy atom. The first-order valence-corrected chi connectivity index (χ1v) is 7.43. The van der Waals surface area contributed by atoms with Crippen molar-refractivity contribution in [3.05, 3.63) is 27.4 Å². The van der Waals surface area contributed by atoms with E-state index in [4.69, 9.17) is 9.72 Å². The number of hydrogen-bond donors (Lipinski definition) is 1. The Balaban J connectivity index is 2.04. The average molecular weight is 262 g/mol. The van der Waals surface area contributed by atoms with Gasteiger partial charge in [0.2, 0.25) is 0 Å². The zero-order valence-electron chi connectivity index (χ0n) is 11.6. The van der Waals surface area contributed by atoms with Crippen LogP contribution in [0.3, 0.4) is 0 Å². The molecule has 0 bridgehead atoms. The third kappa shape index (κ3) is 2.22. The van der Waals surface area contributed by atoms with E-state index >= 15 is 0 Å². The summed E-state index contributed by atoms with van der Waals surface area (Å²) in [6.07, 6.45) is 9.53. The maximum atomic E-state index is 12.2. The number of aryl methyl sites for hydroxylation is 1. The summed E-state index contributed by atoms with van der Waals surface area (Å²) in [6, 6.07) is 0. The number of H-pyrrole nitrogens is 1.